The molecule has 2 N–H and O–H groups in total. The van der Waals surface area contributed by atoms with Crippen LogP contribution in [0.4, 0.5) is 0 Å². The van der Waals surface area contributed by atoms with E-state index in [0.29, 0.717) is 12.1 Å². The van der Waals surface area contributed by atoms with E-state index in [1.807, 2.05) is 0 Å². The molecular formula is C20H36N2. The van der Waals surface area contributed by atoms with Crippen LogP contribution in [0.3, 0.4) is 0 Å². The molecule has 0 heterocycles. The van der Waals surface area contributed by atoms with Gasteiger partial charge in [-0.2, -0.15) is 0 Å². The molecule has 1 aromatic carbocycles. The van der Waals surface area contributed by atoms with Gasteiger partial charge in [-0.05, 0) is 62.9 Å². The van der Waals surface area contributed by atoms with Crippen LogP contribution >= 0.6 is 0 Å². The van der Waals surface area contributed by atoms with Gasteiger partial charge in [0.1, 0.15) is 0 Å². The Kier molecular flexibility index (Phi) is 9.42. The van der Waals surface area contributed by atoms with E-state index in [9.17, 15) is 0 Å². The third-order valence-electron chi connectivity index (χ3n) is 4.84. The van der Waals surface area contributed by atoms with Crippen molar-refractivity contribution < 1.29 is 0 Å². The van der Waals surface area contributed by atoms with E-state index in [2.05, 4.69) is 63.7 Å². The van der Waals surface area contributed by atoms with E-state index >= 15 is 0 Å². The van der Waals surface area contributed by atoms with Crippen LogP contribution < -0.4 is 10.6 Å². The number of hydrogen-bond acceptors (Lipinski definition) is 2. The normalized spacial score (nSPS) is 21.1. The Labute approximate surface area is 138 Å². The SMILES string of the molecule is CCc1cc(CC)cc(CC)c1.CNC1CCCCC1NC. The zero-order chi connectivity index (χ0) is 16.4. The molecule has 2 heteroatoms. The summed E-state index contributed by atoms with van der Waals surface area (Å²) in [6.07, 6.45) is 8.92. The Bertz CT molecular complexity index is 347. The topological polar surface area (TPSA) is 24.1 Å². The molecule has 126 valence electrons. The molecule has 2 nitrogen and oxygen atoms in total. The van der Waals surface area contributed by atoms with Crippen LogP contribution in [0, 0.1) is 0 Å². The lowest BCUT2D eigenvalue weighted by Gasteiger charge is -2.30. The molecular weight excluding hydrogens is 268 g/mol. The maximum absolute atomic E-state index is 3.34. The highest BCUT2D eigenvalue weighted by atomic mass is 15.0. The molecule has 0 aliphatic heterocycles. The summed E-state index contributed by atoms with van der Waals surface area (Å²) in [6, 6.07) is 8.37. The zero-order valence-corrected chi connectivity index (χ0v) is 15.3. The summed E-state index contributed by atoms with van der Waals surface area (Å²) < 4.78 is 0. The van der Waals surface area contributed by atoms with Gasteiger partial charge in [-0.25, -0.2) is 0 Å². The molecule has 0 bridgehead atoms. The Morgan fingerprint density at radius 1 is 0.727 bits per heavy atom. The number of benzene rings is 1. The third kappa shape index (κ3) is 6.10. The van der Waals surface area contributed by atoms with Crippen LogP contribution in [0.2, 0.25) is 0 Å². The number of rotatable bonds is 5. The number of hydrogen-bond donors (Lipinski definition) is 2. The molecule has 1 aliphatic carbocycles. The molecule has 0 spiro atoms. The van der Waals surface area contributed by atoms with Crippen LogP contribution in [0.25, 0.3) is 0 Å². The van der Waals surface area contributed by atoms with Crippen molar-refractivity contribution in [2.45, 2.75) is 77.8 Å². The van der Waals surface area contributed by atoms with Gasteiger partial charge in [-0.1, -0.05) is 51.8 Å². The van der Waals surface area contributed by atoms with E-state index in [1.54, 1.807) is 0 Å². The summed E-state index contributed by atoms with van der Waals surface area (Å²) in [4.78, 5) is 0. The number of aryl methyl sites for hydroxylation is 3. The quantitative estimate of drug-likeness (QED) is 0.855. The standard InChI is InChI=1S/C12H18.C8H18N2/c1-4-10-7-11(5-2)9-12(6-3)8-10;1-9-7-5-3-4-6-8(7)10-2/h7-9H,4-6H2,1-3H3;7-10H,3-6H2,1-2H3. The molecule has 1 fully saturated rings. The van der Waals surface area contributed by atoms with Gasteiger partial charge in [0.05, 0.1) is 0 Å². The lowest BCUT2D eigenvalue weighted by molar-refractivity contribution is 0.309. The second-order valence-electron chi connectivity index (χ2n) is 6.29. The molecule has 2 rings (SSSR count). The molecule has 1 aliphatic rings. The minimum atomic E-state index is 0.707. The van der Waals surface area contributed by atoms with Gasteiger partial charge < -0.3 is 10.6 Å². The Hall–Kier alpha value is -0.860. The molecule has 0 aromatic heterocycles. The lowest BCUT2D eigenvalue weighted by Crippen LogP contribution is -2.47. The highest BCUT2D eigenvalue weighted by molar-refractivity contribution is 5.30. The summed E-state index contributed by atoms with van der Waals surface area (Å²) in [7, 11) is 4.11. The predicted molar refractivity (Wildman–Crippen MR) is 98.7 cm³/mol. The first kappa shape index (κ1) is 19.2. The van der Waals surface area contributed by atoms with Crippen molar-refractivity contribution in [1.82, 2.24) is 10.6 Å². The fourth-order valence-electron chi connectivity index (χ4n) is 3.27. The minimum Gasteiger partial charge on any atom is -0.315 e. The van der Waals surface area contributed by atoms with Gasteiger partial charge in [-0.15, -0.1) is 0 Å². The summed E-state index contributed by atoms with van der Waals surface area (Å²) in [5.41, 5.74) is 4.43. The van der Waals surface area contributed by atoms with Crippen LogP contribution in [-0.4, -0.2) is 26.2 Å². The average molecular weight is 305 g/mol. The molecule has 1 aromatic rings. The minimum absolute atomic E-state index is 0.707. The van der Waals surface area contributed by atoms with Crippen molar-refractivity contribution in [3.05, 3.63) is 34.9 Å². The molecule has 2 atom stereocenters. The maximum Gasteiger partial charge on any atom is 0.0218 e. The molecule has 1 saturated carbocycles. The van der Waals surface area contributed by atoms with Gasteiger partial charge in [0.25, 0.3) is 0 Å². The van der Waals surface area contributed by atoms with Gasteiger partial charge in [-0.3, -0.25) is 0 Å². The van der Waals surface area contributed by atoms with Gasteiger partial charge in [0, 0.05) is 12.1 Å². The van der Waals surface area contributed by atoms with E-state index < -0.39 is 0 Å². The Morgan fingerprint density at radius 2 is 1.05 bits per heavy atom. The first-order valence-electron chi connectivity index (χ1n) is 9.14. The summed E-state index contributed by atoms with van der Waals surface area (Å²) >= 11 is 0. The van der Waals surface area contributed by atoms with E-state index in [0.717, 1.165) is 19.3 Å². The van der Waals surface area contributed by atoms with Crippen molar-refractivity contribution in [2.24, 2.45) is 0 Å². The smallest absolute Gasteiger partial charge is 0.0218 e. The maximum atomic E-state index is 3.34. The van der Waals surface area contributed by atoms with E-state index in [1.165, 1.54) is 42.4 Å². The van der Waals surface area contributed by atoms with Crippen molar-refractivity contribution in [3.8, 4) is 0 Å². The van der Waals surface area contributed by atoms with Crippen molar-refractivity contribution in [3.63, 3.8) is 0 Å². The second kappa shape index (κ2) is 10.8. The van der Waals surface area contributed by atoms with Crippen LogP contribution in [0.5, 0.6) is 0 Å². The van der Waals surface area contributed by atoms with E-state index in [4.69, 9.17) is 0 Å². The summed E-state index contributed by atoms with van der Waals surface area (Å²) in [5.74, 6) is 0. The van der Waals surface area contributed by atoms with Gasteiger partial charge in [0.15, 0.2) is 0 Å². The van der Waals surface area contributed by atoms with Gasteiger partial charge in [0.2, 0.25) is 0 Å². The summed E-state index contributed by atoms with van der Waals surface area (Å²) in [6.45, 7) is 6.65. The Balaban J connectivity index is 0.000000224. The molecule has 2 unspecified atom stereocenters. The predicted octanol–water partition coefficient (Wildman–Crippen LogP) is 4.11. The molecule has 22 heavy (non-hydrogen) atoms. The molecule has 0 radical (unpaired) electrons. The summed E-state index contributed by atoms with van der Waals surface area (Å²) in [5, 5.41) is 6.68. The highest BCUT2D eigenvalue weighted by Gasteiger charge is 2.21. The van der Waals surface area contributed by atoms with Crippen molar-refractivity contribution in [2.75, 3.05) is 14.1 Å². The number of likely N-dealkylation sites (N-methyl/N-ethyl adjacent to an activating group) is 2. The van der Waals surface area contributed by atoms with Crippen molar-refractivity contribution >= 4 is 0 Å². The third-order valence-corrected chi connectivity index (χ3v) is 4.84. The van der Waals surface area contributed by atoms with Crippen molar-refractivity contribution in [1.29, 1.82) is 0 Å². The monoisotopic (exact) mass is 304 g/mol. The first-order chi connectivity index (χ1) is 10.7. The second-order valence-corrected chi connectivity index (χ2v) is 6.29. The first-order valence-corrected chi connectivity index (χ1v) is 9.14. The van der Waals surface area contributed by atoms with Crippen LogP contribution in [-0.2, 0) is 19.3 Å². The lowest BCUT2D eigenvalue weighted by atomic mass is 9.91. The Morgan fingerprint density at radius 3 is 1.27 bits per heavy atom. The van der Waals surface area contributed by atoms with Crippen LogP contribution in [0.15, 0.2) is 18.2 Å². The van der Waals surface area contributed by atoms with Crippen LogP contribution in [0.1, 0.15) is 63.1 Å². The zero-order valence-electron chi connectivity index (χ0n) is 15.3. The number of nitrogens with one attached hydrogen (secondary N) is 2. The fraction of sp³-hybridized carbons (Fsp3) is 0.700. The van der Waals surface area contributed by atoms with Gasteiger partial charge >= 0.3 is 0 Å². The molecule has 0 saturated heterocycles. The molecule has 0 amide bonds. The van der Waals surface area contributed by atoms with E-state index in [-0.39, 0.29) is 0 Å². The average Bonchev–Trinajstić information content (AvgIpc) is 2.61. The largest absolute Gasteiger partial charge is 0.315 e. The highest BCUT2D eigenvalue weighted by Crippen LogP contribution is 2.17. The fourth-order valence-corrected chi connectivity index (χ4v) is 3.27.